The van der Waals surface area contributed by atoms with Gasteiger partial charge in [-0.1, -0.05) is 0 Å². The van der Waals surface area contributed by atoms with Crippen LogP contribution in [0.15, 0.2) is 36.4 Å². The molecule has 0 saturated heterocycles. The fourth-order valence-electron chi connectivity index (χ4n) is 1.84. The standard InChI is InChI=1S/C16H12FNO3/c1-20-16-7-11(9-19)2-3-15(16)21-10-13-4-12(8-18)5-14(17)6-13/h2-7,9H,10H2,1H3. The second-order valence-corrected chi connectivity index (χ2v) is 4.28. The molecular formula is C16H12FNO3. The summed E-state index contributed by atoms with van der Waals surface area (Å²) in [6.45, 7) is 0.0865. The van der Waals surface area contributed by atoms with Gasteiger partial charge in [-0.25, -0.2) is 4.39 Å². The number of rotatable bonds is 5. The molecule has 2 aromatic carbocycles. The highest BCUT2D eigenvalue weighted by Gasteiger charge is 2.07. The highest BCUT2D eigenvalue weighted by Crippen LogP contribution is 2.28. The first kappa shape index (κ1) is 14.5. The molecule has 0 atom stereocenters. The highest BCUT2D eigenvalue weighted by atomic mass is 19.1. The van der Waals surface area contributed by atoms with Crippen LogP contribution in [0.1, 0.15) is 21.5 Å². The molecule has 106 valence electrons. The van der Waals surface area contributed by atoms with Crippen LogP contribution in [-0.2, 0) is 6.61 Å². The van der Waals surface area contributed by atoms with Crippen LogP contribution in [-0.4, -0.2) is 13.4 Å². The van der Waals surface area contributed by atoms with Gasteiger partial charge in [0.1, 0.15) is 18.7 Å². The summed E-state index contributed by atoms with van der Waals surface area (Å²) in [6.07, 6.45) is 0.706. The molecule has 0 aliphatic rings. The van der Waals surface area contributed by atoms with Crippen LogP contribution in [0.2, 0.25) is 0 Å². The number of carbonyl (C=O) groups is 1. The number of hydrogen-bond acceptors (Lipinski definition) is 4. The van der Waals surface area contributed by atoms with Gasteiger partial charge in [0, 0.05) is 5.56 Å². The zero-order valence-electron chi connectivity index (χ0n) is 11.3. The molecule has 0 unspecified atom stereocenters. The predicted octanol–water partition coefficient (Wildman–Crippen LogP) is 3.10. The van der Waals surface area contributed by atoms with E-state index in [2.05, 4.69) is 0 Å². The molecule has 0 spiro atoms. The normalized spacial score (nSPS) is 9.76. The topological polar surface area (TPSA) is 59.3 Å². The van der Waals surface area contributed by atoms with Crippen LogP contribution in [0.4, 0.5) is 4.39 Å². The van der Waals surface area contributed by atoms with E-state index in [1.807, 2.05) is 6.07 Å². The van der Waals surface area contributed by atoms with Crippen molar-refractivity contribution in [1.29, 1.82) is 5.26 Å². The molecule has 0 bridgehead atoms. The lowest BCUT2D eigenvalue weighted by Crippen LogP contribution is -1.99. The molecule has 2 aromatic rings. The molecular weight excluding hydrogens is 273 g/mol. The van der Waals surface area contributed by atoms with Crippen molar-refractivity contribution in [2.45, 2.75) is 6.61 Å². The van der Waals surface area contributed by atoms with Crippen molar-refractivity contribution in [3.05, 3.63) is 58.9 Å². The van der Waals surface area contributed by atoms with E-state index in [4.69, 9.17) is 14.7 Å². The molecule has 0 aromatic heterocycles. The van der Waals surface area contributed by atoms with Crippen LogP contribution < -0.4 is 9.47 Å². The van der Waals surface area contributed by atoms with Gasteiger partial charge >= 0.3 is 0 Å². The number of nitrogens with zero attached hydrogens (tertiary/aromatic N) is 1. The summed E-state index contributed by atoms with van der Waals surface area (Å²) in [6, 6.07) is 10.6. The Morgan fingerprint density at radius 3 is 2.71 bits per heavy atom. The van der Waals surface area contributed by atoms with Gasteiger partial charge in [0.05, 0.1) is 18.7 Å². The molecule has 0 fully saturated rings. The fourth-order valence-corrected chi connectivity index (χ4v) is 1.84. The quantitative estimate of drug-likeness (QED) is 0.792. The lowest BCUT2D eigenvalue weighted by molar-refractivity contribution is 0.112. The Bertz CT molecular complexity index is 707. The summed E-state index contributed by atoms with van der Waals surface area (Å²) in [4.78, 5) is 10.7. The lowest BCUT2D eigenvalue weighted by Gasteiger charge is -2.11. The second kappa shape index (κ2) is 6.53. The minimum Gasteiger partial charge on any atom is -0.493 e. The molecule has 0 radical (unpaired) electrons. The maximum atomic E-state index is 13.3. The smallest absolute Gasteiger partial charge is 0.161 e. The van der Waals surface area contributed by atoms with Gasteiger partial charge in [0.25, 0.3) is 0 Å². The Balaban J connectivity index is 2.18. The van der Waals surface area contributed by atoms with E-state index in [1.165, 1.54) is 13.2 Å². The van der Waals surface area contributed by atoms with Crippen molar-refractivity contribution >= 4 is 6.29 Å². The van der Waals surface area contributed by atoms with E-state index in [1.54, 1.807) is 24.3 Å². The van der Waals surface area contributed by atoms with E-state index >= 15 is 0 Å². The third kappa shape index (κ3) is 3.57. The van der Waals surface area contributed by atoms with Gasteiger partial charge in [0.15, 0.2) is 11.5 Å². The zero-order chi connectivity index (χ0) is 15.2. The number of carbonyl (C=O) groups excluding carboxylic acids is 1. The van der Waals surface area contributed by atoms with Crippen molar-refractivity contribution < 1.29 is 18.7 Å². The van der Waals surface area contributed by atoms with E-state index in [0.29, 0.717) is 28.9 Å². The first-order chi connectivity index (χ1) is 10.2. The molecule has 0 aliphatic heterocycles. The van der Waals surface area contributed by atoms with Gasteiger partial charge in [-0.3, -0.25) is 4.79 Å². The molecule has 5 heteroatoms. The third-order valence-corrected chi connectivity index (χ3v) is 2.80. The summed E-state index contributed by atoms with van der Waals surface area (Å²) >= 11 is 0. The SMILES string of the molecule is COc1cc(C=O)ccc1OCc1cc(F)cc(C#N)c1. The monoisotopic (exact) mass is 285 g/mol. The Morgan fingerprint density at radius 1 is 1.24 bits per heavy atom. The average molecular weight is 285 g/mol. The number of hydrogen-bond donors (Lipinski definition) is 0. The maximum absolute atomic E-state index is 13.3. The van der Waals surface area contributed by atoms with Crippen molar-refractivity contribution in [2.75, 3.05) is 7.11 Å². The van der Waals surface area contributed by atoms with Crippen LogP contribution in [0.5, 0.6) is 11.5 Å². The summed E-state index contributed by atoms with van der Waals surface area (Å²) < 4.78 is 24.0. The number of benzene rings is 2. The Morgan fingerprint density at radius 2 is 2.05 bits per heavy atom. The van der Waals surface area contributed by atoms with Crippen molar-refractivity contribution in [3.8, 4) is 17.6 Å². The van der Waals surface area contributed by atoms with Gasteiger partial charge in [-0.15, -0.1) is 0 Å². The highest BCUT2D eigenvalue weighted by molar-refractivity contribution is 5.76. The molecule has 0 saturated carbocycles. The molecule has 0 heterocycles. The van der Waals surface area contributed by atoms with Crippen LogP contribution in [0, 0.1) is 17.1 Å². The Kier molecular flexibility index (Phi) is 4.52. The van der Waals surface area contributed by atoms with E-state index in [9.17, 15) is 9.18 Å². The first-order valence-corrected chi connectivity index (χ1v) is 6.12. The number of nitriles is 1. The van der Waals surface area contributed by atoms with Gasteiger partial charge in [-0.05, 0) is 42.0 Å². The third-order valence-electron chi connectivity index (χ3n) is 2.80. The Hall–Kier alpha value is -2.87. The summed E-state index contributed by atoms with van der Waals surface area (Å²) in [5.74, 6) is 0.360. The summed E-state index contributed by atoms with van der Waals surface area (Å²) in [5, 5.41) is 8.80. The lowest BCUT2D eigenvalue weighted by atomic mass is 10.1. The largest absolute Gasteiger partial charge is 0.493 e. The van der Waals surface area contributed by atoms with E-state index in [-0.39, 0.29) is 12.2 Å². The maximum Gasteiger partial charge on any atom is 0.161 e. The van der Waals surface area contributed by atoms with Gasteiger partial charge in [-0.2, -0.15) is 5.26 Å². The van der Waals surface area contributed by atoms with Crippen molar-refractivity contribution in [1.82, 2.24) is 0 Å². The molecule has 0 amide bonds. The van der Waals surface area contributed by atoms with E-state index < -0.39 is 5.82 Å². The van der Waals surface area contributed by atoms with E-state index in [0.717, 1.165) is 6.07 Å². The summed E-state index contributed by atoms with van der Waals surface area (Å²) in [5.41, 5.74) is 1.24. The van der Waals surface area contributed by atoms with Crippen LogP contribution in [0.3, 0.4) is 0 Å². The number of aldehydes is 1. The fraction of sp³-hybridized carbons (Fsp3) is 0.125. The average Bonchev–Trinajstić information content (AvgIpc) is 2.52. The van der Waals surface area contributed by atoms with Gasteiger partial charge in [0.2, 0.25) is 0 Å². The second-order valence-electron chi connectivity index (χ2n) is 4.28. The van der Waals surface area contributed by atoms with Gasteiger partial charge < -0.3 is 9.47 Å². The molecule has 2 rings (SSSR count). The number of halogens is 1. The minimum absolute atomic E-state index is 0.0865. The number of methoxy groups -OCH3 is 1. The molecule has 4 nitrogen and oxygen atoms in total. The molecule has 0 N–H and O–H groups in total. The van der Waals surface area contributed by atoms with Crippen molar-refractivity contribution in [2.24, 2.45) is 0 Å². The Labute approximate surface area is 121 Å². The number of ether oxygens (including phenoxy) is 2. The van der Waals surface area contributed by atoms with Crippen molar-refractivity contribution in [3.63, 3.8) is 0 Å². The van der Waals surface area contributed by atoms with Crippen LogP contribution in [0.25, 0.3) is 0 Å². The minimum atomic E-state index is -0.490. The van der Waals surface area contributed by atoms with Crippen LogP contribution >= 0.6 is 0 Å². The molecule has 21 heavy (non-hydrogen) atoms. The zero-order valence-corrected chi connectivity index (χ0v) is 11.3. The predicted molar refractivity (Wildman–Crippen MR) is 73.8 cm³/mol. The first-order valence-electron chi connectivity index (χ1n) is 6.12. The molecule has 0 aliphatic carbocycles. The summed E-state index contributed by atoms with van der Waals surface area (Å²) in [7, 11) is 1.47.